The molecule has 2 rings (SSSR count). The first-order chi connectivity index (χ1) is 9.19. The van der Waals surface area contributed by atoms with Gasteiger partial charge in [0.2, 0.25) is 0 Å². The van der Waals surface area contributed by atoms with Gasteiger partial charge in [0.15, 0.2) is 0 Å². The molecule has 0 amide bonds. The highest BCUT2D eigenvalue weighted by Gasteiger charge is 2.45. The predicted molar refractivity (Wildman–Crippen MR) is 76.3 cm³/mol. The summed E-state index contributed by atoms with van der Waals surface area (Å²) in [7, 11) is 0. The first-order valence-electron chi connectivity index (χ1n) is 7.88. The molecule has 2 unspecified atom stereocenters. The molecule has 0 radical (unpaired) electrons. The molecule has 1 saturated carbocycles. The number of piperazine rings is 1. The van der Waals surface area contributed by atoms with Crippen molar-refractivity contribution < 1.29 is 9.90 Å². The van der Waals surface area contributed by atoms with E-state index in [1.165, 1.54) is 19.3 Å². The van der Waals surface area contributed by atoms with Crippen molar-refractivity contribution >= 4 is 5.97 Å². The summed E-state index contributed by atoms with van der Waals surface area (Å²) in [5.74, 6) is 0.153. The van der Waals surface area contributed by atoms with Gasteiger partial charge in [0.25, 0.3) is 0 Å². The van der Waals surface area contributed by atoms with Crippen molar-refractivity contribution in [3.05, 3.63) is 0 Å². The average molecular weight is 268 g/mol. The summed E-state index contributed by atoms with van der Waals surface area (Å²) in [6.45, 7) is 5.84. The summed E-state index contributed by atoms with van der Waals surface area (Å²) in [5.41, 5.74) is -0.579. The van der Waals surface area contributed by atoms with Crippen LogP contribution in [0.4, 0.5) is 0 Å². The van der Waals surface area contributed by atoms with Crippen LogP contribution in [0.3, 0.4) is 0 Å². The molecule has 0 spiro atoms. The number of hydrogen-bond acceptors (Lipinski definition) is 3. The minimum absolute atomic E-state index is 0.579. The first-order valence-corrected chi connectivity index (χ1v) is 7.88. The van der Waals surface area contributed by atoms with Crippen molar-refractivity contribution in [1.82, 2.24) is 10.2 Å². The molecule has 4 nitrogen and oxygen atoms in total. The monoisotopic (exact) mass is 268 g/mol. The fourth-order valence-electron chi connectivity index (χ4n) is 3.85. The maximum absolute atomic E-state index is 11.9. The molecular weight excluding hydrogens is 240 g/mol. The summed E-state index contributed by atoms with van der Waals surface area (Å²) in [6, 6.07) is 0. The minimum atomic E-state index is -0.591. The SMILES string of the molecule is CCCC1CCCC(C(=O)O)(N2CCNCC2)CC1. The number of nitrogens with one attached hydrogen (secondary N) is 1. The van der Waals surface area contributed by atoms with Crippen LogP contribution in [0, 0.1) is 5.92 Å². The number of aliphatic carboxylic acids is 1. The molecule has 2 fully saturated rings. The fraction of sp³-hybridized carbons (Fsp3) is 0.933. The Bertz CT molecular complexity index is 303. The molecule has 4 heteroatoms. The van der Waals surface area contributed by atoms with Crippen molar-refractivity contribution in [2.45, 2.75) is 57.4 Å². The van der Waals surface area contributed by atoms with Gasteiger partial charge in [-0.1, -0.05) is 32.6 Å². The lowest BCUT2D eigenvalue weighted by atomic mass is 9.86. The number of carboxylic acid groups (broad SMARTS) is 1. The van der Waals surface area contributed by atoms with Crippen LogP contribution in [0.15, 0.2) is 0 Å². The smallest absolute Gasteiger partial charge is 0.324 e. The largest absolute Gasteiger partial charge is 0.480 e. The highest BCUT2D eigenvalue weighted by molar-refractivity contribution is 5.78. The van der Waals surface area contributed by atoms with Gasteiger partial charge in [0.05, 0.1) is 0 Å². The second-order valence-corrected chi connectivity index (χ2v) is 6.16. The second-order valence-electron chi connectivity index (χ2n) is 6.16. The zero-order chi connectivity index (χ0) is 13.7. The Balaban J connectivity index is 2.08. The Morgan fingerprint density at radius 1 is 1.32 bits per heavy atom. The normalized spacial score (nSPS) is 33.8. The number of rotatable bonds is 4. The number of hydrogen-bond donors (Lipinski definition) is 2. The van der Waals surface area contributed by atoms with Crippen LogP contribution in [0.5, 0.6) is 0 Å². The van der Waals surface area contributed by atoms with Gasteiger partial charge in [-0.2, -0.15) is 0 Å². The predicted octanol–water partition coefficient (Wildman–Crippen LogP) is 2.10. The summed E-state index contributed by atoms with van der Waals surface area (Å²) >= 11 is 0. The third-order valence-electron chi connectivity index (χ3n) is 4.99. The molecule has 2 N–H and O–H groups in total. The number of carboxylic acids is 1. The van der Waals surface area contributed by atoms with E-state index in [0.29, 0.717) is 0 Å². The van der Waals surface area contributed by atoms with Crippen LogP contribution >= 0.6 is 0 Å². The summed E-state index contributed by atoms with van der Waals surface area (Å²) in [6.07, 6.45) is 7.53. The van der Waals surface area contributed by atoms with Crippen LogP contribution in [0.1, 0.15) is 51.9 Å². The molecule has 1 heterocycles. The molecule has 2 atom stereocenters. The van der Waals surface area contributed by atoms with Crippen LogP contribution < -0.4 is 5.32 Å². The summed E-state index contributed by atoms with van der Waals surface area (Å²) in [4.78, 5) is 14.2. The lowest BCUT2D eigenvalue weighted by Gasteiger charge is -2.42. The van der Waals surface area contributed by atoms with Gasteiger partial charge in [-0.25, -0.2) is 0 Å². The molecule has 0 aromatic rings. The van der Waals surface area contributed by atoms with Crippen molar-refractivity contribution in [3.8, 4) is 0 Å². The van der Waals surface area contributed by atoms with Gasteiger partial charge in [-0.15, -0.1) is 0 Å². The molecule has 1 saturated heterocycles. The molecule has 2 aliphatic rings. The summed E-state index contributed by atoms with van der Waals surface area (Å²) < 4.78 is 0. The highest BCUT2D eigenvalue weighted by atomic mass is 16.4. The van der Waals surface area contributed by atoms with Gasteiger partial charge in [-0.05, 0) is 25.2 Å². The third kappa shape index (κ3) is 3.29. The maximum Gasteiger partial charge on any atom is 0.324 e. The Morgan fingerprint density at radius 3 is 2.68 bits per heavy atom. The Kier molecular flexibility index (Phi) is 5.22. The van der Waals surface area contributed by atoms with Gasteiger partial charge >= 0.3 is 5.97 Å². The minimum Gasteiger partial charge on any atom is -0.480 e. The molecule has 0 aromatic heterocycles. The van der Waals surface area contributed by atoms with E-state index in [9.17, 15) is 9.90 Å². The van der Waals surface area contributed by atoms with E-state index in [1.807, 2.05) is 0 Å². The highest BCUT2D eigenvalue weighted by Crippen LogP contribution is 2.36. The number of carbonyl (C=O) groups is 1. The van der Waals surface area contributed by atoms with E-state index in [4.69, 9.17) is 0 Å². The Hall–Kier alpha value is -0.610. The topological polar surface area (TPSA) is 52.6 Å². The molecule has 1 aliphatic carbocycles. The van der Waals surface area contributed by atoms with Crippen LogP contribution in [-0.2, 0) is 4.79 Å². The van der Waals surface area contributed by atoms with Crippen molar-refractivity contribution in [2.24, 2.45) is 5.92 Å². The van der Waals surface area contributed by atoms with Gasteiger partial charge in [-0.3, -0.25) is 9.69 Å². The molecule has 19 heavy (non-hydrogen) atoms. The van der Waals surface area contributed by atoms with Crippen LogP contribution in [-0.4, -0.2) is 47.7 Å². The molecule has 1 aliphatic heterocycles. The van der Waals surface area contributed by atoms with Crippen molar-refractivity contribution in [2.75, 3.05) is 26.2 Å². The van der Waals surface area contributed by atoms with E-state index in [-0.39, 0.29) is 0 Å². The van der Waals surface area contributed by atoms with Gasteiger partial charge in [0.1, 0.15) is 5.54 Å². The first kappa shape index (κ1) is 14.8. The van der Waals surface area contributed by atoms with E-state index in [2.05, 4.69) is 17.1 Å². The summed E-state index contributed by atoms with van der Waals surface area (Å²) in [5, 5.41) is 13.1. The van der Waals surface area contributed by atoms with Gasteiger partial charge < -0.3 is 10.4 Å². The van der Waals surface area contributed by atoms with E-state index < -0.39 is 11.5 Å². The quantitative estimate of drug-likeness (QED) is 0.767. The van der Waals surface area contributed by atoms with Crippen LogP contribution in [0.2, 0.25) is 0 Å². The zero-order valence-corrected chi connectivity index (χ0v) is 12.2. The van der Waals surface area contributed by atoms with Crippen molar-refractivity contribution in [1.29, 1.82) is 0 Å². The van der Waals surface area contributed by atoms with E-state index in [0.717, 1.165) is 57.8 Å². The fourth-order valence-corrected chi connectivity index (χ4v) is 3.85. The van der Waals surface area contributed by atoms with Gasteiger partial charge in [0, 0.05) is 26.2 Å². The van der Waals surface area contributed by atoms with Crippen LogP contribution in [0.25, 0.3) is 0 Å². The molecule has 0 aromatic carbocycles. The number of nitrogens with zero attached hydrogens (tertiary/aromatic N) is 1. The molecule has 0 bridgehead atoms. The Labute approximate surface area is 116 Å². The molecule has 110 valence electrons. The lowest BCUT2D eigenvalue weighted by molar-refractivity contribution is -0.153. The van der Waals surface area contributed by atoms with E-state index in [1.54, 1.807) is 0 Å². The Morgan fingerprint density at radius 2 is 2.05 bits per heavy atom. The third-order valence-corrected chi connectivity index (χ3v) is 4.99. The van der Waals surface area contributed by atoms with E-state index >= 15 is 0 Å². The lowest BCUT2D eigenvalue weighted by Crippen LogP contribution is -2.60. The second kappa shape index (κ2) is 6.71. The maximum atomic E-state index is 11.9. The standard InChI is InChI=1S/C15H28N2O2/c1-2-4-13-5-3-7-15(8-6-13,14(18)19)17-11-9-16-10-12-17/h13,16H,2-12H2,1H3,(H,18,19). The molecular formula is C15H28N2O2. The average Bonchev–Trinajstić information content (AvgIpc) is 2.64. The zero-order valence-electron chi connectivity index (χ0n) is 12.2. The van der Waals surface area contributed by atoms with Crippen molar-refractivity contribution in [3.63, 3.8) is 0 Å².